The van der Waals surface area contributed by atoms with Crippen molar-refractivity contribution in [2.75, 3.05) is 5.32 Å². The van der Waals surface area contributed by atoms with E-state index < -0.39 is 10.8 Å². The van der Waals surface area contributed by atoms with Crippen molar-refractivity contribution >= 4 is 56.4 Å². The minimum absolute atomic E-state index is 0.140. The topological polar surface area (TPSA) is 98.0 Å². The van der Waals surface area contributed by atoms with Crippen LogP contribution in [0.5, 0.6) is 0 Å². The van der Waals surface area contributed by atoms with Crippen molar-refractivity contribution in [3.63, 3.8) is 0 Å². The van der Waals surface area contributed by atoms with Crippen molar-refractivity contribution in [1.29, 1.82) is 0 Å². The molecule has 1 N–H and O–H groups in total. The number of hydrogen-bond donors (Lipinski definition) is 1. The average molecular weight is 451 g/mol. The molecule has 0 spiro atoms. The van der Waals surface area contributed by atoms with Gasteiger partial charge in [0.25, 0.3) is 11.6 Å². The number of nitrogens with one attached hydrogen (secondary N) is 1. The van der Waals surface area contributed by atoms with Gasteiger partial charge < -0.3 is 5.32 Å². The second-order valence-corrected chi connectivity index (χ2v) is 8.18. The number of aryl methyl sites for hydroxylation is 1. The molecular weight excluding hydrogens is 440 g/mol. The van der Waals surface area contributed by atoms with Gasteiger partial charge in [-0.3, -0.25) is 14.9 Å². The minimum atomic E-state index is -0.503. The first kappa shape index (κ1) is 18.5. The molecule has 0 radical (unpaired) electrons. The van der Waals surface area contributed by atoms with Crippen LogP contribution in [0.3, 0.4) is 0 Å². The summed E-state index contributed by atoms with van der Waals surface area (Å²) in [6.45, 7) is 1.86. The van der Waals surface area contributed by atoms with Crippen LogP contribution >= 0.6 is 39.0 Å². The number of nitro benzene ring substituents is 1. The van der Waals surface area contributed by atoms with Gasteiger partial charge in [0.05, 0.1) is 9.82 Å². The summed E-state index contributed by atoms with van der Waals surface area (Å²) in [5, 5.41) is 15.9. The average Bonchev–Trinajstić information content (AvgIpc) is 3.02. The number of thiazole rings is 1. The van der Waals surface area contributed by atoms with Crippen molar-refractivity contribution in [1.82, 2.24) is 9.97 Å². The van der Waals surface area contributed by atoms with E-state index in [1.54, 1.807) is 30.5 Å². The molecule has 10 heteroatoms. The van der Waals surface area contributed by atoms with Crippen LogP contribution in [0.1, 0.15) is 16.1 Å². The molecule has 0 unspecified atom stereocenters. The molecule has 0 aliphatic carbocycles. The quantitative estimate of drug-likeness (QED) is 0.437. The first-order chi connectivity index (χ1) is 12.4. The van der Waals surface area contributed by atoms with Crippen LogP contribution in [0, 0.1) is 17.0 Å². The maximum Gasteiger partial charge on any atom is 0.284 e. The third kappa shape index (κ3) is 4.45. The maximum absolute atomic E-state index is 12.3. The minimum Gasteiger partial charge on any atom is -0.307 e. The van der Waals surface area contributed by atoms with E-state index in [1.807, 2.05) is 12.3 Å². The monoisotopic (exact) mass is 450 g/mol. The summed E-state index contributed by atoms with van der Waals surface area (Å²) in [5.41, 5.74) is 0.901. The normalized spacial score (nSPS) is 10.5. The van der Waals surface area contributed by atoms with E-state index in [-0.39, 0.29) is 11.3 Å². The molecule has 3 aromatic rings. The van der Waals surface area contributed by atoms with Crippen LogP contribution in [0.4, 0.5) is 11.5 Å². The molecule has 7 nitrogen and oxygen atoms in total. The highest BCUT2D eigenvalue weighted by atomic mass is 79.9. The lowest BCUT2D eigenvalue weighted by molar-refractivity contribution is -0.387. The molecule has 1 aromatic carbocycles. The van der Waals surface area contributed by atoms with Gasteiger partial charge in [-0.05, 0) is 47.1 Å². The summed E-state index contributed by atoms with van der Waals surface area (Å²) in [6.07, 6.45) is 1.55. The summed E-state index contributed by atoms with van der Waals surface area (Å²) in [5.74, 6) is -0.109. The Bertz CT molecular complexity index is 976. The molecule has 0 fully saturated rings. The SMILES string of the molecule is Cc1csc(Sc2ccc(C(=O)Nc3ccc(Br)cn3)cc2[N+](=O)[O-])n1. The lowest BCUT2D eigenvalue weighted by atomic mass is 10.2. The number of hydrogen-bond acceptors (Lipinski definition) is 7. The number of amides is 1. The van der Waals surface area contributed by atoms with Crippen LogP contribution in [0.25, 0.3) is 0 Å². The highest BCUT2D eigenvalue weighted by Gasteiger charge is 2.19. The predicted octanol–water partition coefficient (Wildman–Crippen LogP) is 4.92. The standard InChI is InChI=1S/C16H11BrN4O3S2/c1-9-8-25-16(19-9)26-13-4-2-10(6-12(13)21(23)24)15(22)20-14-5-3-11(17)7-18-14/h2-8H,1H3,(H,18,20,22). The van der Waals surface area contributed by atoms with Crippen molar-refractivity contribution in [3.8, 4) is 0 Å². The summed E-state index contributed by atoms with van der Waals surface area (Å²) in [7, 11) is 0. The summed E-state index contributed by atoms with van der Waals surface area (Å²) >= 11 is 5.88. The highest BCUT2D eigenvalue weighted by Crippen LogP contribution is 2.36. The number of anilines is 1. The van der Waals surface area contributed by atoms with Crippen LogP contribution in [-0.4, -0.2) is 20.8 Å². The van der Waals surface area contributed by atoms with Crippen molar-refractivity contribution in [2.24, 2.45) is 0 Å². The highest BCUT2D eigenvalue weighted by molar-refractivity contribution is 9.10. The number of nitrogens with zero attached hydrogens (tertiary/aromatic N) is 3. The van der Waals surface area contributed by atoms with Gasteiger partial charge in [-0.15, -0.1) is 11.3 Å². The van der Waals surface area contributed by atoms with Gasteiger partial charge in [0.15, 0.2) is 4.34 Å². The molecule has 0 bridgehead atoms. The molecule has 3 rings (SSSR count). The Hall–Kier alpha value is -2.30. The summed E-state index contributed by atoms with van der Waals surface area (Å²) in [6, 6.07) is 7.73. The smallest absolute Gasteiger partial charge is 0.284 e. The molecule has 2 heterocycles. The lowest BCUT2D eigenvalue weighted by Gasteiger charge is -2.06. The second kappa shape index (κ2) is 7.94. The zero-order valence-corrected chi connectivity index (χ0v) is 16.5. The van der Waals surface area contributed by atoms with Gasteiger partial charge in [-0.2, -0.15) is 0 Å². The second-order valence-electron chi connectivity index (χ2n) is 5.11. The van der Waals surface area contributed by atoms with Crippen LogP contribution in [-0.2, 0) is 0 Å². The number of benzene rings is 1. The molecule has 1 amide bonds. The largest absolute Gasteiger partial charge is 0.307 e. The molecule has 0 saturated carbocycles. The van der Waals surface area contributed by atoms with Gasteiger partial charge in [0, 0.05) is 33.4 Å². The van der Waals surface area contributed by atoms with Crippen molar-refractivity contribution in [3.05, 3.63) is 67.8 Å². The van der Waals surface area contributed by atoms with Crippen LogP contribution < -0.4 is 5.32 Å². The molecular formula is C16H11BrN4O3S2. The van der Waals surface area contributed by atoms with Crippen LogP contribution in [0.2, 0.25) is 0 Å². The predicted molar refractivity (Wildman–Crippen MR) is 104 cm³/mol. The Kier molecular flexibility index (Phi) is 5.64. The Balaban J connectivity index is 1.84. The van der Waals surface area contributed by atoms with Gasteiger partial charge in [0.2, 0.25) is 0 Å². The van der Waals surface area contributed by atoms with Gasteiger partial charge in [-0.25, -0.2) is 9.97 Å². The zero-order chi connectivity index (χ0) is 18.7. The lowest BCUT2D eigenvalue weighted by Crippen LogP contribution is -2.13. The molecule has 26 heavy (non-hydrogen) atoms. The molecule has 0 aliphatic heterocycles. The van der Waals surface area contributed by atoms with E-state index in [4.69, 9.17) is 0 Å². The van der Waals surface area contributed by atoms with E-state index in [9.17, 15) is 14.9 Å². The third-order valence-electron chi connectivity index (χ3n) is 3.18. The number of nitro groups is 1. The van der Waals surface area contributed by atoms with Crippen LogP contribution in [0.15, 0.2) is 55.6 Å². The van der Waals surface area contributed by atoms with E-state index in [0.717, 1.165) is 10.2 Å². The summed E-state index contributed by atoms with van der Waals surface area (Å²) < 4.78 is 1.49. The van der Waals surface area contributed by atoms with E-state index in [0.29, 0.717) is 15.1 Å². The fourth-order valence-electron chi connectivity index (χ4n) is 2.00. The fourth-order valence-corrected chi connectivity index (χ4v) is 4.11. The van der Waals surface area contributed by atoms with Crippen molar-refractivity contribution in [2.45, 2.75) is 16.2 Å². The van der Waals surface area contributed by atoms with Gasteiger partial charge >= 0.3 is 0 Å². The number of pyridine rings is 1. The number of halogens is 1. The van der Waals surface area contributed by atoms with Crippen molar-refractivity contribution < 1.29 is 9.72 Å². The number of carbonyl (C=O) groups is 1. The molecule has 2 aromatic heterocycles. The molecule has 0 saturated heterocycles. The molecule has 0 aliphatic rings. The van der Waals surface area contributed by atoms with Gasteiger partial charge in [0.1, 0.15) is 5.82 Å². The first-order valence-electron chi connectivity index (χ1n) is 7.24. The Labute approximate surface area is 165 Å². The summed E-state index contributed by atoms with van der Waals surface area (Å²) in [4.78, 5) is 32.0. The maximum atomic E-state index is 12.3. The van der Waals surface area contributed by atoms with E-state index in [1.165, 1.54) is 29.2 Å². The Morgan fingerprint density at radius 2 is 2.15 bits per heavy atom. The molecule has 132 valence electrons. The number of carbonyl (C=O) groups excluding carboxylic acids is 1. The van der Waals surface area contributed by atoms with E-state index >= 15 is 0 Å². The Morgan fingerprint density at radius 1 is 1.35 bits per heavy atom. The zero-order valence-electron chi connectivity index (χ0n) is 13.3. The fraction of sp³-hybridized carbons (Fsp3) is 0.0625. The molecule has 0 atom stereocenters. The van der Waals surface area contributed by atoms with Gasteiger partial charge in [-0.1, -0.05) is 11.8 Å². The first-order valence-corrected chi connectivity index (χ1v) is 9.72. The van der Waals surface area contributed by atoms with E-state index in [2.05, 4.69) is 31.2 Å². The number of rotatable bonds is 5. The number of aromatic nitrogens is 2. The Morgan fingerprint density at radius 3 is 2.77 bits per heavy atom. The third-order valence-corrected chi connectivity index (χ3v) is 5.77.